The SMILES string of the molecule is CCCc1nc(N)cc(-c2ccnn2CC)n1. The van der Waals surface area contributed by atoms with Gasteiger partial charge in [0.05, 0.1) is 11.4 Å². The van der Waals surface area contributed by atoms with Crippen LogP contribution in [0.5, 0.6) is 0 Å². The molecule has 2 heterocycles. The van der Waals surface area contributed by atoms with Crippen molar-refractivity contribution in [1.29, 1.82) is 0 Å². The van der Waals surface area contributed by atoms with Crippen molar-refractivity contribution in [3.05, 3.63) is 24.2 Å². The maximum Gasteiger partial charge on any atom is 0.131 e. The van der Waals surface area contributed by atoms with Crippen molar-refractivity contribution < 1.29 is 0 Å². The van der Waals surface area contributed by atoms with Gasteiger partial charge in [-0.2, -0.15) is 5.10 Å². The van der Waals surface area contributed by atoms with E-state index < -0.39 is 0 Å². The van der Waals surface area contributed by atoms with Crippen LogP contribution >= 0.6 is 0 Å². The van der Waals surface area contributed by atoms with Gasteiger partial charge in [0.1, 0.15) is 11.6 Å². The average molecular weight is 231 g/mol. The van der Waals surface area contributed by atoms with E-state index in [4.69, 9.17) is 5.73 Å². The molecule has 5 heteroatoms. The Hall–Kier alpha value is -1.91. The quantitative estimate of drug-likeness (QED) is 0.872. The molecular weight excluding hydrogens is 214 g/mol. The summed E-state index contributed by atoms with van der Waals surface area (Å²) in [6, 6.07) is 3.74. The molecule has 0 amide bonds. The normalized spacial score (nSPS) is 10.7. The van der Waals surface area contributed by atoms with Crippen LogP contribution in [0, 0.1) is 0 Å². The van der Waals surface area contributed by atoms with Crippen LogP contribution in [0.4, 0.5) is 5.82 Å². The van der Waals surface area contributed by atoms with Crippen LogP contribution in [0.25, 0.3) is 11.4 Å². The fraction of sp³-hybridized carbons (Fsp3) is 0.417. The van der Waals surface area contributed by atoms with Crippen molar-refractivity contribution in [2.24, 2.45) is 0 Å². The highest BCUT2D eigenvalue weighted by Crippen LogP contribution is 2.18. The molecule has 0 saturated carbocycles. The largest absolute Gasteiger partial charge is 0.384 e. The Morgan fingerprint density at radius 1 is 1.29 bits per heavy atom. The number of hydrogen-bond acceptors (Lipinski definition) is 4. The number of rotatable bonds is 4. The Morgan fingerprint density at radius 3 is 2.82 bits per heavy atom. The summed E-state index contributed by atoms with van der Waals surface area (Å²) in [7, 11) is 0. The molecule has 2 aromatic rings. The van der Waals surface area contributed by atoms with E-state index in [0.29, 0.717) is 5.82 Å². The third-order valence-electron chi connectivity index (χ3n) is 2.54. The molecule has 2 rings (SSSR count). The summed E-state index contributed by atoms with van der Waals surface area (Å²) >= 11 is 0. The number of aryl methyl sites for hydroxylation is 2. The van der Waals surface area contributed by atoms with Crippen LogP contribution in [0.3, 0.4) is 0 Å². The standard InChI is InChI=1S/C12H17N5/c1-3-5-12-15-9(8-11(13)16-12)10-6-7-14-17(10)4-2/h6-8H,3-5H2,1-2H3,(H2,13,15,16). The van der Waals surface area contributed by atoms with E-state index in [2.05, 4.69) is 22.0 Å². The monoisotopic (exact) mass is 231 g/mol. The molecule has 0 spiro atoms. The van der Waals surface area contributed by atoms with Crippen molar-refractivity contribution in [2.75, 3.05) is 5.73 Å². The number of nitrogen functional groups attached to an aromatic ring is 1. The first-order chi connectivity index (χ1) is 8.24. The fourth-order valence-corrected chi connectivity index (χ4v) is 1.79. The lowest BCUT2D eigenvalue weighted by molar-refractivity contribution is 0.665. The third kappa shape index (κ3) is 2.43. The molecule has 0 aromatic carbocycles. The van der Waals surface area contributed by atoms with Gasteiger partial charge in [-0.25, -0.2) is 9.97 Å². The van der Waals surface area contributed by atoms with E-state index in [1.54, 1.807) is 12.3 Å². The van der Waals surface area contributed by atoms with Gasteiger partial charge in [-0.05, 0) is 19.4 Å². The molecule has 2 N–H and O–H groups in total. The summed E-state index contributed by atoms with van der Waals surface area (Å²) in [5.74, 6) is 1.31. The van der Waals surface area contributed by atoms with Gasteiger partial charge in [0.25, 0.3) is 0 Å². The van der Waals surface area contributed by atoms with Crippen LogP contribution in [0.15, 0.2) is 18.3 Å². The van der Waals surface area contributed by atoms with Gasteiger partial charge in [-0.3, -0.25) is 4.68 Å². The fourth-order valence-electron chi connectivity index (χ4n) is 1.79. The number of aromatic nitrogens is 4. The summed E-state index contributed by atoms with van der Waals surface area (Å²) < 4.78 is 1.90. The molecule has 0 aliphatic heterocycles. The summed E-state index contributed by atoms with van der Waals surface area (Å²) in [6.07, 6.45) is 3.63. The summed E-state index contributed by atoms with van der Waals surface area (Å²) in [4.78, 5) is 8.75. The molecule has 0 aliphatic carbocycles. The van der Waals surface area contributed by atoms with Gasteiger partial charge in [-0.15, -0.1) is 0 Å². The Kier molecular flexibility index (Phi) is 3.37. The number of nitrogens with two attached hydrogens (primary N) is 1. The van der Waals surface area contributed by atoms with E-state index in [0.717, 1.165) is 36.6 Å². The molecular formula is C12H17N5. The molecule has 5 nitrogen and oxygen atoms in total. The first-order valence-electron chi connectivity index (χ1n) is 5.90. The highest BCUT2D eigenvalue weighted by molar-refractivity contribution is 5.57. The lowest BCUT2D eigenvalue weighted by atomic mass is 10.2. The molecule has 0 bridgehead atoms. The average Bonchev–Trinajstić information content (AvgIpc) is 2.76. The zero-order valence-electron chi connectivity index (χ0n) is 10.2. The molecule has 0 radical (unpaired) electrons. The molecule has 17 heavy (non-hydrogen) atoms. The van der Waals surface area contributed by atoms with E-state index in [9.17, 15) is 0 Å². The Morgan fingerprint density at radius 2 is 2.12 bits per heavy atom. The highest BCUT2D eigenvalue weighted by Gasteiger charge is 2.08. The maximum atomic E-state index is 5.81. The zero-order valence-corrected chi connectivity index (χ0v) is 10.2. The second-order valence-corrected chi connectivity index (χ2v) is 3.88. The first kappa shape index (κ1) is 11.6. The minimum absolute atomic E-state index is 0.516. The molecule has 0 saturated heterocycles. The number of hydrogen-bond donors (Lipinski definition) is 1. The number of nitrogens with zero attached hydrogens (tertiary/aromatic N) is 4. The third-order valence-corrected chi connectivity index (χ3v) is 2.54. The molecule has 0 unspecified atom stereocenters. The van der Waals surface area contributed by atoms with E-state index in [-0.39, 0.29) is 0 Å². The highest BCUT2D eigenvalue weighted by atomic mass is 15.3. The second-order valence-electron chi connectivity index (χ2n) is 3.88. The number of anilines is 1. The van der Waals surface area contributed by atoms with Crippen molar-refractivity contribution in [3.63, 3.8) is 0 Å². The molecule has 0 aliphatic rings. The summed E-state index contributed by atoms with van der Waals surface area (Å²) in [5.41, 5.74) is 7.64. The lowest BCUT2D eigenvalue weighted by Gasteiger charge is -2.06. The van der Waals surface area contributed by atoms with Crippen molar-refractivity contribution in [3.8, 4) is 11.4 Å². The predicted octanol–water partition coefficient (Wildman–Crippen LogP) is 1.89. The van der Waals surface area contributed by atoms with Crippen molar-refractivity contribution >= 4 is 5.82 Å². The van der Waals surface area contributed by atoms with Crippen LogP contribution in [-0.2, 0) is 13.0 Å². The smallest absolute Gasteiger partial charge is 0.131 e. The van der Waals surface area contributed by atoms with E-state index >= 15 is 0 Å². The van der Waals surface area contributed by atoms with Gasteiger partial charge in [0.2, 0.25) is 0 Å². The Bertz CT molecular complexity index is 503. The summed E-state index contributed by atoms with van der Waals surface area (Å²) in [6.45, 7) is 4.96. The van der Waals surface area contributed by atoms with Crippen molar-refractivity contribution in [1.82, 2.24) is 19.7 Å². The second kappa shape index (κ2) is 4.95. The summed E-state index contributed by atoms with van der Waals surface area (Å²) in [5, 5.41) is 4.23. The van der Waals surface area contributed by atoms with Gasteiger partial charge >= 0.3 is 0 Å². The molecule has 2 aromatic heterocycles. The topological polar surface area (TPSA) is 69.6 Å². The van der Waals surface area contributed by atoms with Crippen LogP contribution in [0.2, 0.25) is 0 Å². The van der Waals surface area contributed by atoms with Crippen LogP contribution in [-0.4, -0.2) is 19.7 Å². The van der Waals surface area contributed by atoms with Crippen LogP contribution in [0.1, 0.15) is 26.1 Å². The lowest BCUT2D eigenvalue weighted by Crippen LogP contribution is -2.04. The van der Waals surface area contributed by atoms with Gasteiger partial charge < -0.3 is 5.73 Å². The minimum atomic E-state index is 0.516. The van der Waals surface area contributed by atoms with Crippen LogP contribution < -0.4 is 5.73 Å². The van der Waals surface area contributed by atoms with Crippen molar-refractivity contribution in [2.45, 2.75) is 33.2 Å². The molecule has 0 fully saturated rings. The molecule has 90 valence electrons. The minimum Gasteiger partial charge on any atom is -0.384 e. The maximum absolute atomic E-state index is 5.81. The Balaban J connectivity index is 2.44. The molecule has 0 atom stereocenters. The zero-order chi connectivity index (χ0) is 12.3. The van der Waals surface area contributed by atoms with Gasteiger partial charge in [0.15, 0.2) is 0 Å². The van der Waals surface area contributed by atoms with E-state index in [1.165, 1.54) is 0 Å². The predicted molar refractivity (Wildman–Crippen MR) is 67.3 cm³/mol. The van der Waals surface area contributed by atoms with E-state index in [1.807, 2.05) is 17.7 Å². The first-order valence-corrected chi connectivity index (χ1v) is 5.90. The van der Waals surface area contributed by atoms with Gasteiger partial charge in [0, 0.05) is 25.2 Å². The Labute approximate surface area is 101 Å². The van der Waals surface area contributed by atoms with Gasteiger partial charge in [-0.1, -0.05) is 6.92 Å².